The number of hydrogen-bond donors (Lipinski definition) is 1. The van der Waals surface area contributed by atoms with Crippen LogP contribution in [0.1, 0.15) is 44.3 Å². The number of ether oxygens (including phenoxy) is 4. The molecule has 55 heavy (non-hydrogen) atoms. The maximum Gasteiger partial charge on any atom is 0.434 e. The number of rotatable bonds is 14. The molecule has 1 atom stereocenters. The van der Waals surface area contributed by atoms with Crippen molar-refractivity contribution in [3.8, 4) is 11.6 Å². The van der Waals surface area contributed by atoms with Crippen LogP contribution in [0.15, 0.2) is 36.9 Å². The summed E-state index contributed by atoms with van der Waals surface area (Å²) < 4.78 is 52.6. The van der Waals surface area contributed by atoms with Crippen molar-refractivity contribution in [2.75, 3.05) is 86.5 Å². The Morgan fingerprint density at radius 3 is 2.33 bits per heavy atom. The van der Waals surface area contributed by atoms with E-state index in [1.807, 2.05) is 6.07 Å². The van der Waals surface area contributed by atoms with Crippen LogP contribution in [-0.2, 0) is 26.5 Å². The first-order chi connectivity index (χ1) is 26.5. The minimum atomic E-state index is -3.90. The molecule has 6 heterocycles. The van der Waals surface area contributed by atoms with Gasteiger partial charge >= 0.3 is 5.95 Å². The molecule has 3 aliphatic rings. The van der Waals surface area contributed by atoms with Gasteiger partial charge in [0.2, 0.25) is 21.9 Å². The van der Waals surface area contributed by atoms with Crippen LogP contribution in [-0.4, -0.2) is 132 Å². The summed E-state index contributed by atoms with van der Waals surface area (Å²) in [6.07, 6.45) is 10.2. The molecular formula is C35H47N11O8S. The predicted octanol–water partition coefficient (Wildman–Crippen LogP) is 2.94. The van der Waals surface area contributed by atoms with Crippen molar-refractivity contribution in [2.45, 2.75) is 50.8 Å². The Morgan fingerprint density at radius 1 is 0.982 bits per heavy atom. The minimum absolute atomic E-state index is 0.151. The number of sulfonamides is 1. The highest BCUT2D eigenvalue weighted by Crippen LogP contribution is 2.37. The highest BCUT2D eigenvalue weighted by Gasteiger charge is 2.33. The molecule has 0 amide bonds. The highest BCUT2D eigenvalue weighted by atomic mass is 32.2. The van der Waals surface area contributed by atoms with Gasteiger partial charge in [0.1, 0.15) is 30.4 Å². The van der Waals surface area contributed by atoms with Crippen molar-refractivity contribution in [2.24, 2.45) is 7.05 Å². The largest absolute Gasteiger partial charge is 0.489 e. The van der Waals surface area contributed by atoms with E-state index in [1.54, 1.807) is 25.4 Å². The third kappa shape index (κ3) is 9.14. The molecule has 1 aliphatic carbocycles. The molecule has 0 radical (unpaired) electrons. The zero-order valence-electron chi connectivity index (χ0n) is 31.2. The monoisotopic (exact) mass is 781 g/mol. The molecule has 1 saturated carbocycles. The first-order valence-electron chi connectivity index (χ1n) is 18.5. The Labute approximate surface area is 319 Å². The van der Waals surface area contributed by atoms with Crippen LogP contribution in [0.5, 0.6) is 11.6 Å². The third-order valence-electron chi connectivity index (χ3n) is 10.2. The van der Waals surface area contributed by atoms with E-state index in [9.17, 15) is 18.5 Å². The molecule has 4 aromatic heterocycles. The van der Waals surface area contributed by atoms with Gasteiger partial charge in [0.25, 0.3) is 0 Å². The summed E-state index contributed by atoms with van der Waals surface area (Å²) in [6.45, 7) is 8.83. The molecule has 3 fully saturated rings. The zero-order chi connectivity index (χ0) is 38.5. The van der Waals surface area contributed by atoms with E-state index in [2.05, 4.69) is 30.1 Å². The maximum absolute atomic E-state index is 13.3. The Kier molecular flexibility index (Phi) is 11.7. The molecule has 2 saturated heterocycles. The van der Waals surface area contributed by atoms with Gasteiger partial charge in [-0.25, -0.2) is 23.0 Å². The third-order valence-corrected chi connectivity index (χ3v) is 11.4. The van der Waals surface area contributed by atoms with Gasteiger partial charge in [-0.2, -0.15) is 4.98 Å². The van der Waals surface area contributed by atoms with E-state index in [1.165, 1.54) is 28.3 Å². The molecular weight excluding hydrogens is 735 g/mol. The van der Waals surface area contributed by atoms with Crippen molar-refractivity contribution in [3.63, 3.8) is 0 Å². The number of fused-ring (bicyclic) bond motifs is 1. The van der Waals surface area contributed by atoms with Crippen molar-refractivity contribution in [1.29, 1.82) is 0 Å². The molecule has 4 aromatic rings. The number of pyridine rings is 2. The summed E-state index contributed by atoms with van der Waals surface area (Å²) in [5.41, 5.74) is 1.20. The number of anilines is 3. The number of hydrogen-bond acceptors (Lipinski definition) is 16. The Morgan fingerprint density at radius 2 is 1.67 bits per heavy atom. The Hall–Kier alpha value is -4.92. The van der Waals surface area contributed by atoms with Gasteiger partial charge in [-0.1, -0.05) is 4.98 Å². The van der Waals surface area contributed by atoms with Gasteiger partial charge in [0.05, 0.1) is 81.0 Å². The summed E-state index contributed by atoms with van der Waals surface area (Å²) in [5.74, 6) is 1.83. The first-order valence-corrected chi connectivity index (χ1v) is 20.4. The van der Waals surface area contributed by atoms with Crippen LogP contribution >= 0.6 is 0 Å². The summed E-state index contributed by atoms with van der Waals surface area (Å²) in [6, 6.07) is 2.88. The topological polar surface area (TPSA) is 205 Å². The van der Waals surface area contributed by atoms with Gasteiger partial charge in [0, 0.05) is 44.8 Å². The molecule has 296 valence electrons. The van der Waals surface area contributed by atoms with E-state index in [4.69, 9.17) is 28.9 Å². The predicted molar refractivity (Wildman–Crippen MR) is 203 cm³/mol. The quantitative estimate of drug-likeness (QED) is 0.144. The molecule has 19 nitrogen and oxygen atoms in total. The standard InChI is InChI=1S/C35H47N11O8S/c1-24(31-23-39-35(42(31)2)46(47)48)45(55(3,49)50)26-18-29-30(36-20-26)19-32(44-11-15-52-16-12-44)41-33(29)54-27-6-4-25(5-7-27)40-34-37-21-28(22-38-34)53-17-10-43-8-13-51-14-9-43/h18-25,27H,4-17H2,1-3H3,(H,37,38,40). The summed E-state index contributed by atoms with van der Waals surface area (Å²) in [5, 5.41) is 15.5. The SMILES string of the molecule is CC(c1cnc([N+](=O)[O-])n1C)N(c1cnc2cc(N3CCOCC3)nc(OC3CCC(Nc4ncc(OCCN5CCOCC5)cn4)CC3)c2c1)S(C)(=O)=O. The molecule has 7 rings (SSSR count). The molecule has 20 heteroatoms. The zero-order valence-corrected chi connectivity index (χ0v) is 32.1. The van der Waals surface area contributed by atoms with Crippen LogP contribution in [0.3, 0.4) is 0 Å². The molecule has 2 aliphatic heterocycles. The van der Waals surface area contributed by atoms with Crippen LogP contribution in [0, 0.1) is 10.1 Å². The van der Waals surface area contributed by atoms with Crippen molar-refractivity contribution in [1.82, 2.24) is 34.4 Å². The van der Waals surface area contributed by atoms with Crippen molar-refractivity contribution in [3.05, 3.63) is 52.7 Å². The second-order valence-corrected chi connectivity index (χ2v) is 15.8. The number of nitro groups is 1. The van der Waals surface area contributed by atoms with E-state index in [0.29, 0.717) is 72.9 Å². The van der Waals surface area contributed by atoms with E-state index in [-0.39, 0.29) is 17.8 Å². The summed E-state index contributed by atoms with van der Waals surface area (Å²) in [4.78, 5) is 37.8. The maximum atomic E-state index is 13.3. The van der Waals surface area contributed by atoms with Crippen molar-refractivity contribution < 1.29 is 32.3 Å². The average molecular weight is 782 g/mol. The van der Waals surface area contributed by atoms with Crippen LogP contribution < -0.4 is 24.0 Å². The molecule has 1 unspecified atom stereocenters. The lowest BCUT2D eigenvalue weighted by atomic mass is 9.93. The lowest BCUT2D eigenvalue weighted by Gasteiger charge is -2.31. The van der Waals surface area contributed by atoms with Crippen LogP contribution in [0.2, 0.25) is 0 Å². The van der Waals surface area contributed by atoms with Gasteiger partial charge in [-0.3, -0.25) is 14.2 Å². The number of morpholine rings is 2. The fraction of sp³-hybridized carbons (Fsp3) is 0.571. The lowest BCUT2D eigenvalue weighted by molar-refractivity contribution is -0.396. The van der Waals surface area contributed by atoms with Gasteiger partial charge in [-0.05, 0) is 43.6 Å². The number of imidazole rings is 1. The number of nitrogens with one attached hydrogen (secondary N) is 1. The fourth-order valence-corrected chi connectivity index (χ4v) is 8.44. The second kappa shape index (κ2) is 16.8. The van der Waals surface area contributed by atoms with Crippen molar-refractivity contribution >= 4 is 44.3 Å². The van der Waals surface area contributed by atoms with Gasteiger partial charge < -0.3 is 39.3 Å². The average Bonchev–Trinajstić information content (AvgIpc) is 3.58. The Balaban J connectivity index is 1.06. The first kappa shape index (κ1) is 38.4. The van der Waals surface area contributed by atoms with E-state index >= 15 is 0 Å². The Bertz CT molecular complexity index is 2050. The number of nitrogens with zero attached hydrogens (tertiary/aromatic N) is 10. The number of aromatic nitrogens is 6. The molecule has 1 N–H and O–H groups in total. The van der Waals surface area contributed by atoms with Gasteiger partial charge in [-0.15, -0.1) is 0 Å². The molecule has 0 bridgehead atoms. The minimum Gasteiger partial charge on any atom is -0.489 e. The van der Waals surface area contributed by atoms with Crippen LogP contribution in [0.4, 0.5) is 23.4 Å². The highest BCUT2D eigenvalue weighted by molar-refractivity contribution is 7.92. The van der Waals surface area contributed by atoms with Gasteiger partial charge in [0.15, 0.2) is 5.75 Å². The second-order valence-electron chi connectivity index (χ2n) is 14.0. The summed E-state index contributed by atoms with van der Waals surface area (Å²) >= 11 is 0. The van der Waals surface area contributed by atoms with Crippen LogP contribution in [0.25, 0.3) is 10.9 Å². The smallest absolute Gasteiger partial charge is 0.434 e. The summed E-state index contributed by atoms with van der Waals surface area (Å²) in [7, 11) is -2.42. The lowest BCUT2D eigenvalue weighted by Crippen LogP contribution is -2.38. The fourth-order valence-electron chi connectivity index (χ4n) is 7.28. The molecule has 0 aromatic carbocycles. The van der Waals surface area contributed by atoms with E-state index < -0.39 is 26.9 Å². The normalized spacial score (nSPS) is 20.2. The molecule has 0 spiro atoms. The van der Waals surface area contributed by atoms with E-state index in [0.717, 1.165) is 64.8 Å².